The number of hydrogen-bond acceptors (Lipinski definition) is 3. The van der Waals surface area contributed by atoms with Crippen LogP contribution < -0.4 is 5.32 Å². The molecule has 1 heterocycles. The number of carbonyl (C=O) groups is 1. The van der Waals surface area contributed by atoms with Crippen molar-refractivity contribution in [2.45, 2.75) is 39.3 Å². The Morgan fingerprint density at radius 1 is 1.40 bits per heavy atom. The smallest absolute Gasteiger partial charge is 0.410 e. The second-order valence-electron chi connectivity index (χ2n) is 6.19. The van der Waals surface area contributed by atoms with Crippen LogP contribution in [0.5, 0.6) is 0 Å². The molecule has 1 aromatic carbocycles. The zero-order valence-electron chi connectivity index (χ0n) is 12.4. The van der Waals surface area contributed by atoms with Gasteiger partial charge in [0.2, 0.25) is 0 Å². The SMILES string of the molecule is Cc1ccc(NC2CN(C(=O)OC(C)(C)C)C2)cc1Cl. The van der Waals surface area contributed by atoms with Crippen LogP contribution in [-0.2, 0) is 4.74 Å². The standard InChI is InChI=1S/C15H21ClN2O2/c1-10-5-6-11(7-13(10)16)17-12-8-18(9-12)14(19)20-15(2,3)4/h5-7,12,17H,8-9H2,1-4H3. The predicted octanol–water partition coefficient (Wildman–Crippen LogP) is 3.68. The zero-order chi connectivity index (χ0) is 14.9. The number of carbonyl (C=O) groups excluding carboxylic acids is 1. The molecule has 0 unspecified atom stereocenters. The average Bonchev–Trinajstić information content (AvgIpc) is 2.25. The monoisotopic (exact) mass is 296 g/mol. The van der Waals surface area contributed by atoms with E-state index < -0.39 is 5.60 Å². The first-order valence-corrected chi connectivity index (χ1v) is 7.13. The van der Waals surface area contributed by atoms with E-state index >= 15 is 0 Å². The van der Waals surface area contributed by atoms with Crippen LogP contribution in [0.15, 0.2) is 18.2 Å². The molecule has 1 fully saturated rings. The third-order valence-corrected chi connectivity index (χ3v) is 3.48. The topological polar surface area (TPSA) is 41.6 Å². The molecule has 0 aliphatic carbocycles. The molecule has 4 nitrogen and oxygen atoms in total. The normalized spacial score (nSPS) is 15.8. The van der Waals surface area contributed by atoms with Gasteiger partial charge in [0.15, 0.2) is 0 Å². The van der Waals surface area contributed by atoms with Crippen LogP contribution in [0, 0.1) is 6.92 Å². The average molecular weight is 297 g/mol. The van der Waals surface area contributed by atoms with Gasteiger partial charge in [0.1, 0.15) is 5.60 Å². The molecule has 0 aromatic heterocycles. The van der Waals surface area contributed by atoms with Crippen molar-refractivity contribution >= 4 is 23.4 Å². The molecule has 2 rings (SSSR count). The Balaban J connectivity index is 1.82. The molecule has 1 aliphatic rings. The van der Waals surface area contributed by atoms with Gasteiger partial charge >= 0.3 is 6.09 Å². The molecular formula is C15H21ClN2O2. The summed E-state index contributed by atoms with van der Waals surface area (Å²) in [4.78, 5) is 13.5. The number of rotatable bonds is 2. The maximum atomic E-state index is 11.8. The second-order valence-corrected chi connectivity index (χ2v) is 6.60. The van der Waals surface area contributed by atoms with Gasteiger partial charge in [0.25, 0.3) is 0 Å². The number of hydrogen-bond donors (Lipinski definition) is 1. The number of amides is 1. The van der Waals surface area contributed by atoms with Crippen LogP contribution in [0.1, 0.15) is 26.3 Å². The second kappa shape index (κ2) is 5.52. The fraction of sp³-hybridized carbons (Fsp3) is 0.533. The summed E-state index contributed by atoms with van der Waals surface area (Å²) in [6.07, 6.45) is -0.252. The maximum absolute atomic E-state index is 11.8. The summed E-state index contributed by atoms with van der Waals surface area (Å²) in [6.45, 7) is 8.89. The van der Waals surface area contributed by atoms with Gasteiger partial charge in [0, 0.05) is 23.8 Å². The molecule has 110 valence electrons. The van der Waals surface area contributed by atoms with E-state index in [2.05, 4.69) is 5.32 Å². The van der Waals surface area contributed by atoms with Crippen LogP contribution >= 0.6 is 11.6 Å². The Labute approximate surface area is 125 Å². The Bertz CT molecular complexity index is 505. The van der Waals surface area contributed by atoms with E-state index in [0.717, 1.165) is 16.3 Å². The molecule has 1 aliphatic heterocycles. The molecule has 1 aromatic rings. The van der Waals surface area contributed by atoms with Crippen molar-refractivity contribution in [2.75, 3.05) is 18.4 Å². The largest absolute Gasteiger partial charge is 0.444 e. The van der Waals surface area contributed by atoms with Crippen molar-refractivity contribution < 1.29 is 9.53 Å². The molecule has 0 atom stereocenters. The quantitative estimate of drug-likeness (QED) is 0.905. The van der Waals surface area contributed by atoms with Crippen molar-refractivity contribution in [1.29, 1.82) is 0 Å². The van der Waals surface area contributed by atoms with E-state index in [1.54, 1.807) is 4.90 Å². The Kier molecular flexibility index (Phi) is 4.14. The summed E-state index contributed by atoms with van der Waals surface area (Å²) in [5.41, 5.74) is 1.59. The van der Waals surface area contributed by atoms with Crippen LogP contribution in [-0.4, -0.2) is 35.7 Å². The fourth-order valence-corrected chi connectivity index (χ4v) is 2.14. The molecule has 0 spiro atoms. The Hall–Kier alpha value is -1.42. The summed E-state index contributed by atoms with van der Waals surface area (Å²) in [5, 5.41) is 4.11. The Morgan fingerprint density at radius 3 is 2.60 bits per heavy atom. The van der Waals surface area contributed by atoms with Crippen LogP contribution in [0.3, 0.4) is 0 Å². The van der Waals surface area contributed by atoms with E-state index in [-0.39, 0.29) is 12.1 Å². The number of aryl methyl sites for hydroxylation is 1. The van der Waals surface area contributed by atoms with Crippen molar-refractivity contribution in [3.8, 4) is 0 Å². The molecule has 1 N–H and O–H groups in total. The highest BCUT2D eigenvalue weighted by Crippen LogP contribution is 2.23. The summed E-state index contributed by atoms with van der Waals surface area (Å²) in [5.74, 6) is 0. The van der Waals surface area contributed by atoms with Crippen molar-refractivity contribution in [3.05, 3.63) is 28.8 Å². The van der Waals surface area contributed by atoms with Crippen LogP contribution in [0.25, 0.3) is 0 Å². The van der Waals surface area contributed by atoms with Crippen molar-refractivity contribution in [1.82, 2.24) is 4.90 Å². The molecule has 0 saturated carbocycles. The van der Waals surface area contributed by atoms with Crippen LogP contribution in [0.2, 0.25) is 5.02 Å². The van der Waals surface area contributed by atoms with Gasteiger partial charge in [-0.05, 0) is 45.4 Å². The van der Waals surface area contributed by atoms with Gasteiger partial charge < -0.3 is 15.0 Å². The lowest BCUT2D eigenvalue weighted by atomic mass is 10.1. The molecule has 0 radical (unpaired) electrons. The van der Waals surface area contributed by atoms with E-state index in [4.69, 9.17) is 16.3 Å². The van der Waals surface area contributed by atoms with Gasteiger partial charge in [-0.15, -0.1) is 0 Å². The number of nitrogens with zero attached hydrogens (tertiary/aromatic N) is 1. The van der Waals surface area contributed by atoms with E-state index in [0.29, 0.717) is 13.1 Å². The van der Waals surface area contributed by atoms with E-state index in [1.807, 2.05) is 45.9 Å². The number of halogens is 1. The zero-order valence-corrected chi connectivity index (χ0v) is 13.1. The first-order valence-electron chi connectivity index (χ1n) is 6.75. The number of anilines is 1. The molecule has 1 saturated heterocycles. The molecule has 1 amide bonds. The first kappa shape index (κ1) is 15.0. The molecule has 20 heavy (non-hydrogen) atoms. The molecule has 5 heteroatoms. The lowest BCUT2D eigenvalue weighted by molar-refractivity contribution is 0.0105. The van der Waals surface area contributed by atoms with Crippen molar-refractivity contribution in [3.63, 3.8) is 0 Å². The number of ether oxygens (including phenoxy) is 1. The maximum Gasteiger partial charge on any atom is 0.410 e. The lowest BCUT2D eigenvalue weighted by Crippen LogP contribution is -2.57. The van der Waals surface area contributed by atoms with Crippen molar-refractivity contribution in [2.24, 2.45) is 0 Å². The minimum atomic E-state index is -0.444. The number of benzene rings is 1. The molecular weight excluding hydrogens is 276 g/mol. The highest BCUT2D eigenvalue weighted by Gasteiger charge is 2.33. The van der Waals surface area contributed by atoms with E-state index in [9.17, 15) is 4.79 Å². The fourth-order valence-electron chi connectivity index (χ4n) is 1.96. The van der Waals surface area contributed by atoms with Crippen LogP contribution in [0.4, 0.5) is 10.5 Å². The number of nitrogens with one attached hydrogen (secondary N) is 1. The minimum Gasteiger partial charge on any atom is -0.444 e. The number of likely N-dealkylation sites (tertiary alicyclic amines) is 1. The van der Waals surface area contributed by atoms with Gasteiger partial charge in [-0.2, -0.15) is 0 Å². The summed E-state index contributed by atoms with van der Waals surface area (Å²) in [7, 11) is 0. The van der Waals surface area contributed by atoms with Gasteiger partial charge in [0.05, 0.1) is 6.04 Å². The first-order chi connectivity index (χ1) is 9.24. The summed E-state index contributed by atoms with van der Waals surface area (Å²) >= 11 is 6.09. The summed E-state index contributed by atoms with van der Waals surface area (Å²) in [6, 6.07) is 6.14. The lowest BCUT2D eigenvalue weighted by Gasteiger charge is -2.40. The third-order valence-electron chi connectivity index (χ3n) is 3.08. The Morgan fingerprint density at radius 2 is 2.05 bits per heavy atom. The third kappa shape index (κ3) is 3.79. The van der Waals surface area contributed by atoms with Gasteiger partial charge in [-0.3, -0.25) is 0 Å². The highest BCUT2D eigenvalue weighted by atomic mass is 35.5. The summed E-state index contributed by atoms with van der Waals surface area (Å²) < 4.78 is 5.31. The van der Waals surface area contributed by atoms with E-state index in [1.165, 1.54) is 0 Å². The predicted molar refractivity (Wildman–Crippen MR) is 81.4 cm³/mol. The van der Waals surface area contributed by atoms with Gasteiger partial charge in [-0.25, -0.2) is 4.79 Å². The minimum absolute atomic E-state index is 0.251. The highest BCUT2D eigenvalue weighted by molar-refractivity contribution is 6.31. The van der Waals surface area contributed by atoms with Gasteiger partial charge in [-0.1, -0.05) is 17.7 Å². The molecule has 0 bridgehead atoms.